The molecule has 1 saturated heterocycles. The lowest BCUT2D eigenvalue weighted by Crippen LogP contribution is -2.51. The third-order valence-corrected chi connectivity index (χ3v) is 4.25. The maximum Gasteiger partial charge on any atom is 0.245 e. The average molecular weight is 288 g/mol. The first-order chi connectivity index (χ1) is 9.67. The molecule has 6 heteroatoms. The molecule has 0 aliphatic carbocycles. The number of aromatic nitrogens is 2. The smallest absolute Gasteiger partial charge is 0.245 e. The Hall–Kier alpha value is -1.95. The molecule has 0 unspecified atom stereocenters. The molecule has 3 heterocycles. The second kappa shape index (κ2) is 5.20. The first-order valence-corrected chi connectivity index (χ1v) is 7.42. The Morgan fingerprint density at radius 1 is 1.60 bits per heavy atom. The molecule has 2 aromatic rings. The van der Waals surface area contributed by atoms with Crippen molar-refractivity contribution < 1.29 is 4.79 Å². The third-order valence-electron chi connectivity index (χ3n) is 3.44. The number of likely N-dealkylation sites (tertiary alicyclic amines) is 1. The number of nitrogens with zero attached hydrogens (tertiary/aromatic N) is 3. The Bertz CT molecular complexity index is 660. The Balaban J connectivity index is 1.62. The molecule has 1 N–H and O–H groups in total. The van der Waals surface area contributed by atoms with Crippen LogP contribution in [-0.4, -0.2) is 40.4 Å². The van der Waals surface area contributed by atoms with Crippen molar-refractivity contribution in [1.29, 1.82) is 0 Å². The van der Waals surface area contributed by atoms with E-state index in [1.54, 1.807) is 16.2 Å². The monoisotopic (exact) mass is 288 g/mol. The second-order valence-corrected chi connectivity index (χ2v) is 5.85. The van der Waals surface area contributed by atoms with E-state index in [2.05, 4.69) is 21.9 Å². The van der Waals surface area contributed by atoms with Gasteiger partial charge in [0.05, 0.1) is 5.39 Å². The molecule has 0 atom stereocenters. The molecule has 1 aliphatic heterocycles. The molecule has 0 spiro atoms. The maximum atomic E-state index is 11.4. The third kappa shape index (κ3) is 2.38. The zero-order chi connectivity index (χ0) is 14.1. The Kier molecular flexibility index (Phi) is 3.40. The van der Waals surface area contributed by atoms with Gasteiger partial charge < -0.3 is 10.2 Å². The van der Waals surface area contributed by atoms with Crippen LogP contribution >= 0.6 is 11.3 Å². The van der Waals surface area contributed by atoms with Crippen molar-refractivity contribution in [3.63, 3.8) is 0 Å². The van der Waals surface area contributed by atoms with Crippen LogP contribution in [-0.2, 0) is 4.79 Å². The van der Waals surface area contributed by atoms with E-state index in [-0.39, 0.29) is 5.91 Å². The standard InChI is InChI=1S/C14H16N4OS/c1-3-12(19)18-7-10(8-18)6-15-13-11-4-5-20-14(11)17-9(2)16-13/h3-5,10H,1,6-8H2,2H3,(H,15,16,17). The van der Waals surface area contributed by atoms with Crippen molar-refractivity contribution in [2.75, 3.05) is 25.0 Å². The molecule has 2 aromatic heterocycles. The average Bonchev–Trinajstić information content (AvgIpc) is 2.84. The molecular formula is C14H16N4OS. The van der Waals surface area contributed by atoms with Crippen molar-refractivity contribution in [2.45, 2.75) is 6.92 Å². The van der Waals surface area contributed by atoms with Gasteiger partial charge in [-0.25, -0.2) is 9.97 Å². The highest BCUT2D eigenvalue weighted by molar-refractivity contribution is 7.16. The van der Waals surface area contributed by atoms with Crippen molar-refractivity contribution >= 4 is 33.3 Å². The van der Waals surface area contributed by atoms with E-state index < -0.39 is 0 Å². The zero-order valence-electron chi connectivity index (χ0n) is 11.3. The van der Waals surface area contributed by atoms with Crippen LogP contribution in [0.2, 0.25) is 0 Å². The van der Waals surface area contributed by atoms with E-state index in [4.69, 9.17) is 0 Å². The molecule has 0 radical (unpaired) electrons. The fraction of sp³-hybridized carbons (Fsp3) is 0.357. The van der Waals surface area contributed by atoms with Gasteiger partial charge in [0, 0.05) is 25.6 Å². The summed E-state index contributed by atoms with van der Waals surface area (Å²) in [5.41, 5.74) is 0. The number of carbonyl (C=O) groups is 1. The van der Waals surface area contributed by atoms with Gasteiger partial charge >= 0.3 is 0 Å². The Morgan fingerprint density at radius 2 is 2.40 bits per heavy atom. The number of anilines is 1. The van der Waals surface area contributed by atoms with Gasteiger partial charge in [-0.1, -0.05) is 6.58 Å². The molecule has 1 aliphatic rings. The van der Waals surface area contributed by atoms with Crippen LogP contribution in [0.15, 0.2) is 24.1 Å². The fourth-order valence-electron chi connectivity index (χ4n) is 2.35. The molecule has 3 rings (SSSR count). The van der Waals surface area contributed by atoms with Crippen LogP contribution in [0.3, 0.4) is 0 Å². The highest BCUT2D eigenvalue weighted by atomic mass is 32.1. The van der Waals surface area contributed by atoms with Crippen LogP contribution in [0.5, 0.6) is 0 Å². The summed E-state index contributed by atoms with van der Waals surface area (Å²) in [6.45, 7) is 7.79. The lowest BCUT2D eigenvalue weighted by Gasteiger charge is -2.38. The Morgan fingerprint density at radius 3 is 3.15 bits per heavy atom. The van der Waals surface area contributed by atoms with Crippen LogP contribution in [0, 0.1) is 12.8 Å². The number of carbonyl (C=O) groups excluding carboxylic acids is 1. The van der Waals surface area contributed by atoms with Crippen molar-refractivity contribution in [3.8, 4) is 0 Å². The predicted octanol–water partition coefficient (Wildman–Crippen LogP) is 2.06. The van der Waals surface area contributed by atoms with Gasteiger partial charge in [-0.2, -0.15) is 0 Å². The SMILES string of the molecule is C=CC(=O)N1CC(CNc2nc(C)nc3sccc23)C1. The normalized spacial score (nSPS) is 15.2. The summed E-state index contributed by atoms with van der Waals surface area (Å²) in [6.07, 6.45) is 1.37. The minimum atomic E-state index is 0.0133. The van der Waals surface area contributed by atoms with Gasteiger partial charge in [0.25, 0.3) is 0 Å². The first-order valence-electron chi connectivity index (χ1n) is 6.54. The van der Waals surface area contributed by atoms with E-state index in [0.29, 0.717) is 5.92 Å². The number of fused-ring (bicyclic) bond motifs is 1. The van der Waals surface area contributed by atoms with Gasteiger partial charge in [-0.15, -0.1) is 11.3 Å². The lowest BCUT2D eigenvalue weighted by molar-refractivity contribution is -0.131. The van der Waals surface area contributed by atoms with Gasteiger partial charge in [0.15, 0.2) is 0 Å². The van der Waals surface area contributed by atoms with Crippen LogP contribution < -0.4 is 5.32 Å². The predicted molar refractivity (Wildman–Crippen MR) is 80.9 cm³/mol. The van der Waals surface area contributed by atoms with Gasteiger partial charge in [-0.05, 0) is 24.4 Å². The molecule has 104 valence electrons. The van der Waals surface area contributed by atoms with E-state index >= 15 is 0 Å². The highest BCUT2D eigenvalue weighted by Crippen LogP contribution is 2.25. The topological polar surface area (TPSA) is 58.1 Å². The molecule has 1 amide bonds. The molecule has 5 nitrogen and oxygen atoms in total. The molecular weight excluding hydrogens is 272 g/mol. The summed E-state index contributed by atoms with van der Waals surface area (Å²) in [5, 5.41) is 6.48. The lowest BCUT2D eigenvalue weighted by atomic mass is 10.00. The number of aryl methyl sites for hydroxylation is 1. The van der Waals surface area contributed by atoms with E-state index in [9.17, 15) is 4.79 Å². The van der Waals surface area contributed by atoms with Gasteiger partial charge in [0.1, 0.15) is 16.5 Å². The quantitative estimate of drug-likeness (QED) is 0.875. The number of hydrogen-bond donors (Lipinski definition) is 1. The Labute approximate surface area is 121 Å². The van der Waals surface area contributed by atoms with Crippen molar-refractivity contribution in [2.24, 2.45) is 5.92 Å². The first kappa shape index (κ1) is 13.1. The largest absolute Gasteiger partial charge is 0.369 e. The van der Waals surface area contributed by atoms with E-state index in [1.165, 1.54) is 6.08 Å². The fourth-order valence-corrected chi connectivity index (χ4v) is 3.16. The van der Waals surface area contributed by atoms with Crippen LogP contribution in [0.1, 0.15) is 5.82 Å². The maximum absolute atomic E-state index is 11.4. The number of thiophene rings is 1. The molecule has 20 heavy (non-hydrogen) atoms. The summed E-state index contributed by atoms with van der Waals surface area (Å²) in [5.74, 6) is 2.16. The molecule has 0 saturated carbocycles. The second-order valence-electron chi connectivity index (χ2n) is 4.95. The minimum Gasteiger partial charge on any atom is -0.369 e. The van der Waals surface area contributed by atoms with Crippen molar-refractivity contribution in [3.05, 3.63) is 29.9 Å². The summed E-state index contributed by atoms with van der Waals surface area (Å²) in [6, 6.07) is 2.04. The molecule has 0 bridgehead atoms. The minimum absolute atomic E-state index is 0.0133. The van der Waals surface area contributed by atoms with Gasteiger partial charge in [-0.3, -0.25) is 4.79 Å². The summed E-state index contributed by atoms with van der Waals surface area (Å²) >= 11 is 1.62. The van der Waals surface area contributed by atoms with Crippen LogP contribution in [0.4, 0.5) is 5.82 Å². The van der Waals surface area contributed by atoms with Crippen LogP contribution in [0.25, 0.3) is 10.2 Å². The zero-order valence-corrected chi connectivity index (χ0v) is 12.1. The number of nitrogens with one attached hydrogen (secondary N) is 1. The van der Waals surface area contributed by atoms with Crippen molar-refractivity contribution in [1.82, 2.24) is 14.9 Å². The molecule has 1 fully saturated rings. The number of amides is 1. The molecule has 0 aromatic carbocycles. The van der Waals surface area contributed by atoms with E-state index in [1.807, 2.05) is 18.4 Å². The summed E-state index contributed by atoms with van der Waals surface area (Å²) in [4.78, 5) is 23.0. The highest BCUT2D eigenvalue weighted by Gasteiger charge is 2.29. The summed E-state index contributed by atoms with van der Waals surface area (Å²) in [7, 11) is 0. The van der Waals surface area contributed by atoms with E-state index in [0.717, 1.165) is 41.5 Å². The van der Waals surface area contributed by atoms with Gasteiger partial charge in [0.2, 0.25) is 5.91 Å². The summed E-state index contributed by atoms with van der Waals surface area (Å²) < 4.78 is 0. The number of rotatable bonds is 4. The number of hydrogen-bond acceptors (Lipinski definition) is 5.